The fraction of sp³-hybridized carbons (Fsp3) is 0.483. The third-order valence-electron chi connectivity index (χ3n) is 6.35. The number of hydrogen-bond acceptors (Lipinski definition) is 6. The lowest BCUT2D eigenvalue weighted by molar-refractivity contribution is -0.132. The van der Waals surface area contributed by atoms with Crippen molar-refractivity contribution in [1.82, 2.24) is 26.2 Å². The summed E-state index contributed by atoms with van der Waals surface area (Å²) in [7, 11) is 5.35. The van der Waals surface area contributed by atoms with Gasteiger partial charge in [0.15, 0.2) is 5.96 Å². The molecule has 6 N–H and O–H groups in total. The molecule has 0 spiro atoms. The summed E-state index contributed by atoms with van der Waals surface area (Å²) in [4.78, 5) is 56.5. The molecular weight excluding hydrogens is 510 g/mol. The second-order valence-corrected chi connectivity index (χ2v) is 9.90. The molecule has 0 bridgehead atoms. The summed E-state index contributed by atoms with van der Waals surface area (Å²) in [5.41, 5.74) is 6.77. The number of carbonyl (C=O) groups is 4. The molecular formula is C29H43N7O4. The molecule has 2 aromatic carbocycles. The van der Waals surface area contributed by atoms with Gasteiger partial charge in [-0.2, -0.15) is 0 Å². The Hall–Kier alpha value is -3.99. The molecule has 0 radical (unpaired) electrons. The fourth-order valence-electron chi connectivity index (χ4n) is 4.06. The number of carbonyl (C=O) groups excluding carboxylic acids is 4. The zero-order valence-electron chi connectivity index (χ0n) is 24.0. The van der Waals surface area contributed by atoms with Gasteiger partial charge in [0, 0.05) is 53.0 Å². The van der Waals surface area contributed by atoms with Crippen molar-refractivity contribution in [3.05, 3.63) is 48.0 Å². The normalized spacial score (nSPS) is 12.8. The van der Waals surface area contributed by atoms with Crippen molar-refractivity contribution in [2.24, 2.45) is 10.7 Å². The SMILES string of the molecule is CNCCNC(=O)C(Cc1cccc2ccccc12)NC(=O)C(CCCN=C(N)N(C)C)NC(=O)CCC(C)=O. The predicted octanol–water partition coefficient (Wildman–Crippen LogP) is 0.713. The monoisotopic (exact) mass is 553 g/mol. The number of guanidine groups is 1. The highest BCUT2D eigenvalue weighted by Gasteiger charge is 2.27. The molecule has 218 valence electrons. The number of nitrogens with one attached hydrogen (secondary N) is 4. The smallest absolute Gasteiger partial charge is 0.243 e. The Kier molecular flexibility index (Phi) is 13.6. The van der Waals surface area contributed by atoms with Crippen LogP contribution in [0.5, 0.6) is 0 Å². The first-order valence-corrected chi connectivity index (χ1v) is 13.6. The number of amides is 3. The van der Waals surface area contributed by atoms with E-state index in [0.29, 0.717) is 32.0 Å². The number of hydrogen-bond donors (Lipinski definition) is 5. The molecule has 11 nitrogen and oxygen atoms in total. The number of aliphatic imine (C=N–C) groups is 1. The minimum Gasteiger partial charge on any atom is -0.370 e. The van der Waals surface area contributed by atoms with Gasteiger partial charge in [0.1, 0.15) is 17.9 Å². The molecule has 0 fully saturated rings. The maximum atomic E-state index is 13.5. The lowest BCUT2D eigenvalue weighted by Crippen LogP contribution is -2.55. The molecule has 2 rings (SSSR count). The molecule has 0 saturated heterocycles. The highest BCUT2D eigenvalue weighted by atomic mass is 16.2. The van der Waals surface area contributed by atoms with Crippen molar-refractivity contribution < 1.29 is 19.2 Å². The molecule has 0 saturated carbocycles. The molecule has 0 aliphatic carbocycles. The summed E-state index contributed by atoms with van der Waals surface area (Å²) >= 11 is 0. The van der Waals surface area contributed by atoms with Crippen molar-refractivity contribution in [1.29, 1.82) is 0 Å². The van der Waals surface area contributed by atoms with E-state index >= 15 is 0 Å². The Morgan fingerprint density at radius 1 is 0.925 bits per heavy atom. The van der Waals surface area contributed by atoms with Gasteiger partial charge in [0.25, 0.3) is 0 Å². The van der Waals surface area contributed by atoms with Crippen LogP contribution in [0.15, 0.2) is 47.5 Å². The highest BCUT2D eigenvalue weighted by Crippen LogP contribution is 2.20. The molecule has 2 aromatic rings. The first-order valence-electron chi connectivity index (χ1n) is 13.6. The molecule has 0 aromatic heterocycles. The van der Waals surface area contributed by atoms with Gasteiger partial charge >= 0.3 is 0 Å². The Bertz CT molecular complexity index is 1180. The van der Waals surface area contributed by atoms with E-state index in [1.54, 1.807) is 26.0 Å². The first kappa shape index (κ1) is 32.2. The number of nitrogens with two attached hydrogens (primary N) is 1. The van der Waals surface area contributed by atoms with Crippen LogP contribution in [0.4, 0.5) is 0 Å². The van der Waals surface area contributed by atoms with Crippen molar-refractivity contribution in [2.75, 3.05) is 40.8 Å². The van der Waals surface area contributed by atoms with E-state index in [0.717, 1.165) is 16.3 Å². The predicted molar refractivity (Wildman–Crippen MR) is 158 cm³/mol. The molecule has 0 aliphatic rings. The average molecular weight is 554 g/mol. The number of benzene rings is 2. The number of likely N-dealkylation sites (N-methyl/N-ethyl adjacent to an activating group) is 1. The lowest BCUT2D eigenvalue weighted by atomic mass is 9.98. The van der Waals surface area contributed by atoms with Crippen LogP contribution in [-0.4, -0.2) is 87.2 Å². The standard InChI is InChI=1S/C29H43N7O4/c1-20(37)14-15-26(38)34-24(13-8-16-33-29(30)36(3)4)28(40)35-25(27(39)32-18-17-31-2)19-22-11-7-10-21-9-5-6-12-23(21)22/h5-7,9-12,24-25,31H,8,13-19H2,1-4H3,(H2,30,33)(H,32,39)(H,34,38)(H,35,40). The van der Waals surface area contributed by atoms with Crippen molar-refractivity contribution >= 4 is 40.2 Å². The van der Waals surface area contributed by atoms with Gasteiger partial charge in [-0.15, -0.1) is 0 Å². The van der Waals surface area contributed by atoms with E-state index in [9.17, 15) is 19.2 Å². The summed E-state index contributed by atoms with van der Waals surface area (Å²) in [6.45, 7) is 2.75. The number of Topliss-reactive ketones (excluding diaryl/α,β-unsaturated/α-hetero) is 1. The first-order chi connectivity index (χ1) is 19.1. The number of rotatable bonds is 16. The van der Waals surface area contributed by atoms with Crippen LogP contribution in [0.1, 0.15) is 38.2 Å². The Morgan fingerprint density at radius 3 is 2.35 bits per heavy atom. The fourth-order valence-corrected chi connectivity index (χ4v) is 4.06. The van der Waals surface area contributed by atoms with E-state index in [1.165, 1.54) is 6.92 Å². The zero-order chi connectivity index (χ0) is 29.5. The molecule has 40 heavy (non-hydrogen) atoms. The van der Waals surface area contributed by atoms with E-state index in [4.69, 9.17) is 5.73 Å². The number of ketones is 1. The topological polar surface area (TPSA) is 158 Å². The van der Waals surface area contributed by atoms with Gasteiger partial charge in [0.2, 0.25) is 17.7 Å². The summed E-state index contributed by atoms with van der Waals surface area (Å²) in [5.74, 6) is -0.954. The van der Waals surface area contributed by atoms with E-state index < -0.39 is 23.9 Å². The van der Waals surface area contributed by atoms with Crippen LogP contribution >= 0.6 is 0 Å². The van der Waals surface area contributed by atoms with E-state index in [-0.39, 0.29) is 37.4 Å². The number of nitrogens with zero attached hydrogens (tertiary/aromatic N) is 2. The molecule has 2 unspecified atom stereocenters. The van der Waals surface area contributed by atoms with Gasteiger partial charge in [-0.3, -0.25) is 19.4 Å². The molecule has 3 amide bonds. The summed E-state index contributed by atoms with van der Waals surface area (Å²) in [5, 5.41) is 13.5. The molecule has 0 heterocycles. The third-order valence-corrected chi connectivity index (χ3v) is 6.35. The summed E-state index contributed by atoms with van der Waals surface area (Å²) < 4.78 is 0. The minimum atomic E-state index is -0.907. The van der Waals surface area contributed by atoms with Crippen LogP contribution in [0.3, 0.4) is 0 Å². The van der Waals surface area contributed by atoms with Gasteiger partial charge in [-0.25, -0.2) is 0 Å². The third kappa shape index (κ3) is 11.0. The molecule has 0 aliphatic heterocycles. The maximum Gasteiger partial charge on any atom is 0.243 e. The lowest BCUT2D eigenvalue weighted by Gasteiger charge is -2.24. The summed E-state index contributed by atoms with van der Waals surface area (Å²) in [6, 6.07) is 12.0. The largest absolute Gasteiger partial charge is 0.370 e. The zero-order valence-corrected chi connectivity index (χ0v) is 24.0. The Balaban J connectivity index is 2.23. The average Bonchev–Trinajstić information content (AvgIpc) is 2.93. The Morgan fingerprint density at radius 2 is 1.65 bits per heavy atom. The van der Waals surface area contributed by atoms with Crippen LogP contribution in [0, 0.1) is 0 Å². The van der Waals surface area contributed by atoms with Crippen molar-refractivity contribution in [3.63, 3.8) is 0 Å². The van der Waals surface area contributed by atoms with Gasteiger partial charge in [-0.05, 0) is 43.1 Å². The summed E-state index contributed by atoms with van der Waals surface area (Å²) in [6.07, 6.45) is 1.09. The molecule has 2 atom stereocenters. The van der Waals surface area contributed by atoms with Gasteiger partial charge in [0.05, 0.1) is 0 Å². The highest BCUT2D eigenvalue weighted by molar-refractivity contribution is 5.93. The van der Waals surface area contributed by atoms with E-state index in [1.807, 2.05) is 42.5 Å². The second-order valence-electron chi connectivity index (χ2n) is 9.90. The Labute approximate surface area is 236 Å². The van der Waals surface area contributed by atoms with Gasteiger partial charge in [-0.1, -0.05) is 42.5 Å². The quantitative estimate of drug-likeness (QED) is 0.116. The maximum absolute atomic E-state index is 13.5. The minimum absolute atomic E-state index is 0.0191. The second kappa shape index (κ2) is 16.9. The van der Waals surface area contributed by atoms with Crippen molar-refractivity contribution in [3.8, 4) is 0 Å². The van der Waals surface area contributed by atoms with Crippen LogP contribution in [0.2, 0.25) is 0 Å². The number of fused-ring (bicyclic) bond motifs is 1. The van der Waals surface area contributed by atoms with Crippen LogP contribution in [-0.2, 0) is 25.6 Å². The van der Waals surface area contributed by atoms with Crippen LogP contribution < -0.4 is 27.0 Å². The van der Waals surface area contributed by atoms with Crippen molar-refractivity contribution in [2.45, 2.75) is 51.1 Å². The molecule has 11 heteroatoms. The van der Waals surface area contributed by atoms with E-state index in [2.05, 4.69) is 26.3 Å². The van der Waals surface area contributed by atoms with Crippen LogP contribution in [0.25, 0.3) is 10.8 Å². The van der Waals surface area contributed by atoms with Gasteiger partial charge < -0.3 is 36.7 Å².